The van der Waals surface area contributed by atoms with Gasteiger partial charge < -0.3 is 9.64 Å². The van der Waals surface area contributed by atoms with E-state index in [1.165, 1.54) is 6.08 Å². The maximum atomic E-state index is 12.9. The Hall–Kier alpha value is -2.10. The second-order valence-electron chi connectivity index (χ2n) is 8.18. The second kappa shape index (κ2) is 7.38. The van der Waals surface area contributed by atoms with E-state index in [2.05, 4.69) is 31.7 Å². The van der Waals surface area contributed by atoms with Crippen molar-refractivity contribution in [2.45, 2.75) is 43.7 Å². The lowest BCUT2D eigenvalue weighted by Crippen LogP contribution is -2.61. The molecule has 1 atom stereocenters. The number of benzene rings is 2. The number of morpholine rings is 1. The molecule has 1 heterocycles. The highest BCUT2D eigenvalue weighted by Crippen LogP contribution is 2.44. The molecule has 2 fully saturated rings. The molecule has 1 saturated carbocycles. The van der Waals surface area contributed by atoms with Crippen LogP contribution in [0.1, 0.15) is 38.2 Å². The molecule has 0 N–H and O–H groups in total. The van der Waals surface area contributed by atoms with Gasteiger partial charge in [-0.3, -0.25) is 4.79 Å². The zero-order valence-electron chi connectivity index (χ0n) is 16.3. The minimum absolute atomic E-state index is 0.0571. The summed E-state index contributed by atoms with van der Waals surface area (Å²) in [5, 5.41) is 0.657. The molecule has 4 rings (SSSR count). The Labute approximate surface area is 172 Å². The summed E-state index contributed by atoms with van der Waals surface area (Å²) in [5.41, 5.74) is 2.32. The maximum absolute atomic E-state index is 12.9. The Balaban J connectivity index is 1.76. The zero-order chi connectivity index (χ0) is 19.8. The number of halogens is 1. The van der Waals surface area contributed by atoms with Gasteiger partial charge in [-0.15, -0.1) is 0 Å². The van der Waals surface area contributed by atoms with Crippen molar-refractivity contribution in [1.29, 1.82) is 0 Å². The molecule has 2 aromatic carbocycles. The van der Waals surface area contributed by atoms with Gasteiger partial charge in [0, 0.05) is 5.02 Å². The summed E-state index contributed by atoms with van der Waals surface area (Å²) in [6, 6.07) is 16.2. The molecular weight excluding hydrogens is 370 g/mol. The van der Waals surface area contributed by atoms with Gasteiger partial charge in [0.25, 0.3) is 0 Å². The highest BCUT2D eigenvalue weighted by atomic mass is 35.5. The van der Waals surface area contributed by atoms with Crippen molar-refractivity contribution in [3.63, 3.8) is 0 Å². The number of ether oxygens (including phenoxy) is 1. The molecule has 1 spiro atoms. The van der Waals surface area contributed by atoms with Crippen molar-refractivity contribution in [3.8, 4) is 11.1 Å². The number of nitrogens with zero attached hydrogens (tertiary/aromatic N) is 1. The number of amides is 1. The quantitative estimate of drug-likeness (QED) is 0.635. The van der Waals surface area contributed by atoms with Crippen LogP contribution in [0.25, 0.3) is 11.1 Å². The average Bonchev–Trinajstić information content (AvgIpc) is 3.18. The summed E-state index contributed by atoms with van der Waals surface area (Å²) in [6.45, 7) is 6.86. The van der Waals surface area contributed by atoms with E-state index in [1.807, 2.05) is 35.2 Å². The van der Waals surface area contributed by atoms with Crippen molar-refractivity contribution in [2.24, 2.45) is 0 Å². The van der Waals surface area contributed by atoms with E-state index >= 15 is 0 Å². The lowest BCUT2D eigenvalue weighted by Gasteiger charge is -2.51. The minimum Gasteiger partial charge on any atom is -0.370 e. The van der Waals surface area contributed by atoms with E-state index in [-0.39, 0.29) is 11.5 Å². The third-order valence-corrected chi connectivity index (χ3v) is 6.50. The van der Waals surface area contributed by atoms with Crippen molar-refractivity contribution in [1.82, 2.24) is 4.90 Å². The van der Waals surface area contributed by atoms with Crippen LogP contribution in [0, 0.1) is 0 Å². The van der Waals surface area contributed by atoms with Gasteiger partial charge in [0.05, 0.1) is 24.3 Å². The zero-order valence-corrected chi connectivity index (χ0v) is 17.0. The van der Waals surface area contributed by atoms with Gasteiger partial charge in [0.2, 0.25) is 5.91 Å². The molecule has 1 aliphatic heterocycles. The molecule has 2 aliphatic rings. The predicted octanol–water partition coefficient (Wildman–Crippen LogP) is 5.58. The van der Waals surface area contributed by atoms with Crippen molar-refractivity contribution >= 4 is 17.5 Å². The van der Waals surface area contributed by atoms with Crippen LogP contribution in [-0.2, 0) is 15.1 Å². The number of carbonyl (C=O) groups is 1. The maximum Gasteiger partial charge on any atom is 0.246 e. The van der Waals surface area contributed by atoms with Crippen molar-refractivity contribution in [2.75, 3.05) is 13.2 Å². The number of hydrogen-bond acceptors (Lipinski definition) is 2. The first-order chi connectivity index (χ1) is 13.5. The van der Waals surface area contributed by atoms with Gasteiger partial charge in [-0.2, -0.15) is 0 Å². The molecule has 1 aliphatic carbocycles. The Kier molecular flexibility index (Phi) is 5.07. The standard InChI is InChI=1S/C24H26ClNO2/c1-3-22(27)26-16-24(11-7-8-12-24)28-17-23(26,2)20-13-19(14-21(25)15-20)18-9-5-4-6-10-18/h3-6,9-10,13-15H,1,7-8,11-12,16-17H2,2H3. The van der Waals surface area contributed by atoms with Gasteiger partial charge >= 0.3 is 0 Å². The molecule has 0 bridgehead atoms. The minimum atomic E-state index is -0.590. The molecule has 146 valence electrons. The van der Waals surface area contributed by atoms with Gasteiger partial charge in [-0.25, -0.2) is 0 Å². The van der Waals surface area contributed by atoms with E-state index in [4.69, 9.17) is 16.3 Å². The van der Waals surface area contributed by atoms with E-state index in [0.717, 1.165) is 42.4 Å². The van der Waals surface area contributed by atoms with Gasteiger partial charge in [0.15, 0.2) is 0 Å². The molecule has 1 saturated heterocycles. The Morgan fingerprint density at radius 1 is 1.14 bits per heavy atom. The molecule has 2 aromatic rings. The number of rotatable bonds is 3. The Morgan fingerprint density at radius 2 is 1.86 bits per heavy atom. The topological polar surface area (TPSA) is 29.5 Å². The molecule has 3 nitrogen and oxygen atoms in total. The summed E-state index contributed by atoms with van der Waals surface area (Å²) in [4.78, 5) is 14.8. The summed E-state index contributed by atoms with van der Waals surface area (Å²) in [7, 11) is 0. The highest BCUT2D eigenvalue weighted by molar-refractivity contribution is 6.31. The fourth-order valence-corrected chi connectivity index (χ4v) is 4.81. The normalized spacial score (nSPS) is 23.7. The lowest BCUT2D eigenvalue weighted by molar-refractivity contribution is -0.177. The van der Waals surface area contributed by atoms with Crippen molar-refractivity contribution in [3.05, 3.63) is 71.8 Å². The molecule has 0 radical (unpaired) electrons. The van der Waals surface area contributed by atoms with Crippen LogP contribution in [0.5, 0.6) is 0 Å². The van der Waals surface area contributed by atoms with Crippen LogP contribution in [0.4, 0.5) is 0 Å². The van der Waals surface area contributed by atoms with Crippen LogP contribution in [0.3, 0.4) is 0 Å². The summed E-state index contributed by atoms with van der Waals surface area (Å²) < 4.78 is 6.44. The Morgan fingerprint density at radius 3 is 2.54 bits per heavy atom. The average molecular weight is 396 g/mol. The molecule has 4 heteroatoms. The SMILES string of the molecule is C=CC(=O)N1CC2(CCCC2)OCC1(C)c1cc(Cl)cc(-c2ccccc2)c1. The van der Waals surface area contributed by atoms with Crippen LogP contribution in [-0.4, -0.2) is 29.6 Å². The third kappa shape index (κ3) is 3.38. The largest absolute Gasteiger partial charge is 0.370 e. The first-order valence-electron chi connectivity index (χ1n) is 9.90. The molecule has 28 heavy (non-hydrogen) atoms. The van der Waals surface area contributed by atoms with Gasteiger partial charge in [-0.05, 0) is 60.7 Å². The lowest BCUT2D eigenvalue weighted by atomic mass is 9.84. The summed E-state index contributed by atoms with van der Waals surface area (Å²) >= 11 is 6.50. The van der Waals surface area contributed by atoms with Gasteiger partial charge in [-0.1, -0.05) is 61.4 Å². The van der Waals surface area contributed by atoms with Crippen LogP contribution in [0.2, 0.25) is 5.02 Å². The van der Waals surface area contributed by atoms with Crippen LogP contribution in [0.15, 0.2) is 61.2 Å². The van der Waals surface area contributed by atoms with Crippen LogP contribution >= 0.6 is 11.6 Å². The summed E-state index contributed by atoms with van der Waals surface area (Å²) in [6.07, 6.45) is 5.74. The fourth-order valence-electron chi connectivity index (χ4n) is 4.57. The summed E-state index contributed by atoms with van der Waals surface area (Å²) in [5.74, 6) is -0.0571. The predicted molar refractivity (Wildman–Crippen MR) is 113 cm³/mol. The highest BCUT2D eigenvalue weighted by Gasteiger charge is 2.49. The molecule has 0 aromatic heterocycles. The molecule has 1 unspecified atom stereocenters. The Bertz CT molecular complexity index is 889. The van der Waals surface area contributed by atoms with E-state index in [9.17, 15) is 4.79 Å². The van der Waals surface area contributed by atoms with E-state index in [0.29, 0.717) is 18.2 Å². The first kappa shape index (κ1) is 19.2. The number of hydrogen-bond donors (Lipinski definition) is 0. The molecule has 1 amide bonds. The third-order valence-electron chi connectivity index (χ3n) is 6.28. The second-order valence-corrected chi connectivity index (χ2v) is 8.61. The van der Waals surface area contributed by atoms with Gasteiger partial charge in [0.1, 0.15) is 0 Å². The van der Waals surface area contributed by atoms with Crippen LogP contribution < -0.4 is 0 Å². The smallest absolute Gasteiger partial charge is 0.246 e. The van der Waals surface area contributed by atoms with E-state index < -0.39 is 5.54 Å². The van der Waals surface area contributed by atoms with Crippen molar-refractivity contribution < 1.29 is 9.53 Å². The monoisotopic (exact) mass is 395 g/mol. The molecular formula is C24H26ClNO2. The first-order valence-corrected chi connectivity index (χ1v) is 10.3. The fraction of sp³-hybridized carbons (Fsp3) is 0.375. The van der Waals surface area contributed by atoms with E-state index in [1.54, 1.807) is 0 Å². The number of carbonyl (C=O) groups excluding carboxylic acids is 1.